The van der Waals surface area contributed by atoms with Crippen molar-refractivity contribution in [3.05, 3.63) is 22.1 Å². The van der Waals surface area contributed by atoms with Gasteiger partial charge in [0.05, 0.1) is 7.11 Å². The summed E-state index contributed by atoms with van der Waals surface area (Å²) in [7, 11) is 1.32. The van der Waals surface area contributed by atoms with Crippen molar-refractivity contribution < 1.29 is 9.53 Å². The largest absolute Gasteiger partial charge is 0.467 e. The second kappa shape index (κ2) is 4.15. The maximum atomic E-state index is 11.7. The van der Waals surface area contributed by atoms with Gasteiger partial charge in [-0.15, -0.1) is 0 Å². The molecule has 5 heteroatoms. The van der Waals surface area contributed by atoms with Crippen molar-refractivity contribution in [2.45, 2.75) is 38.1 Å². The lowest BCUT2D eigenvalue weighted by Crippen LogP contribution is -2.27. The van der Waals surface area contributed by atoms with Gasteiger partial charge in [-0.1, -0.05) is 6.42 Å². The summed E-state index contributed by atoms with van der Waals surface area (Å²) in [5.74, 6) is 0.0444. The average molecular weight is 224 g/mol. The number of carbonyl (C=O) groups excluding carboxylic acids is 1. The van der Waals surface area contributed by atoms with E-state index >= 15 is 0 Å². The number of nitrogens with one attached hydrogen (secondary N) is 1. The number of aromatic nitrogens is 2. The van der Waals surface area contributed by atoms with E-state index in [0.717, 1.165) is 18.5 Å². The van der Waals surface area contributed by atoms with Crippen LogP contribution in [0.3, 0.4) is 0 Å². The summed E-state index contributed by atoms with van der Waals surface area (Å²) in [6.45, 7) is 1.65. The molecule has 1 heterocycles. The molecule has 0 aromatic carbocycles. The zero-order chi connectivity index (χ0) is 11.7. The minimum atomic E-state index is -0.591. The fraction of sp³-hybridized carbons (Fsp3) is 0.636. The number of hydrogen-bond acceptors (Lipinski definition) is 3. The number of H-pyrrole nitrogens is 1. The van der Waals surface area contributed by atoms with Gasteiger partial charge >= 0.3 is 5.97 Å². The number of rotatable bonds is 3. The smallest absolute Gasteiger partial charge is 0.330 e. The second-order valence-corrected chi connectivity index (χ2v) is 4.25. The van der Waals surface area contributed by atoms with E-state index < -0.39 is 12.0 Å². The van der Waals surface area contributed by atoms with Crippen LogP contribution in [-0.4, -0.2) is 22.9 Å². The normalized spacial score (nSPS) is 17.9. The number of hydrogen-bond donors (Lipinski definition) is 1. The zero-order valence-corrected chi connectivity index (χ0v) is 9.53. The van der Waals surface area contributed by atoms with Crippen molar-refractivity contribution in [1.29, 1.82) is 0 Å². The standard InChI is InChI=1S/C11H16N2O3/c1-7(11(15)16-2)13-10(14)6-9(12-13)8-4-3-5-8/h6-8,12H,3-5H2,1-2H3. The predicted molar refractivity (Wildman–Crippen MR) is 58.4 cm³/mol. The molecule has 16 heavy (non-hydrogen) atoms. The summed E-state index contributed by atoms with van der Waals surface area (Å²) >= 11 is 0. The number of aromatic amines is 1. The molecule has 1 atom stereocenters. The molecule has 2 rings (SSSR count). The molecule has 1 fully saturated rings. The fourth-order valence-electron chi connectivity index (χ4n) is 1.92. The van der Waals surface area contributed by atoms with Crippen LogP contribution in [0.15, 0.2) is 10.9 Å². The summed E-state index contributed by atoms with van der Waals surface area (Å²) < 4.78 is 5.95. The molecular weight excluding hydrogens is 208 g/mol. The summed E-state index contributed by atoms with van der Waals surface area (Å²) in [5, 5.41) is 3.00. The first-order valence-electron chi connectivity index (χ1n) is 5.52. The maximum Gasteiger partial charge on any atom is 0.330 e. The first-order valence-corrected chi connectivity index (χ1v) is 5.52. The third-order valence-corrected chi connectivity index (χ3v) is 3.24. The SMILES string of the molecule is COC(=O)C(C)n1[nH]c(C2CCC2)cc1=O. The monoisotopic (exact) mass is 224 g/mol. The van der Waals surface area contributed by atoms with Gasteiger partial charge in [-0.2, -0.15) is 0 Å². The molecule has 1 aromatic rings. The van der Waals surface area contributed by atoms with Crippen molar-refractivity contribution in [2.24, 2.45) is 0 Å². The Labute approximate surface area is 93.4 Å². The molecule has 1 aromatic heterocycles. The number of ether oxygens (including phenoxy) is 1. The van der Waals surface area contributed by atoms with Gasteiger partial charge < -0.3 is 4.74 Å². The fourth-order valence-corrected chi connectivity index (χ4v) is 1.92. The van der Waals surface area contributed by atoms with E-state index in [2.05, 4.69) is 9.84 Å². The Bertz CT molecular complexity index is 442. The summed E-state index contributed by atoms with van der Waals surface area (Å²) in [6.07, 6.45) is 3.45. The molecule has 5 nitrogen and oxygen atoms in total. The predicted octanol–water partition coefficient (Wildman–Crippen LogP) is 1.18. The van der Waals surface area contributed by atoms with Crippen molar-refractivity contribution >= 4 is 5.97 Å². The minimum Gasteiger partial charge on any atom is -0.467 e. The van der Waals surface area contributed by atoms with Gasteiger partial charge in [-0.3, -0.25) is 9.89 Å². The first kappa shape index (κ1) is 11.0. The van der Waals surface area contributed by atoms with Gasteiger partial charge in [0.15, 0.2) is 0 Å². The van der Waals surface area contributed by atoms with E-state index in [4.69, 9.17) is 0 Å². The molecule has 1 N–H and O–H groups in total. The Kier molecular flexibility index (Phi) is 2.85. The highest BCUT2D eigenvalue weighted by Gasteiger charge is 2.24. The molecule has 0 aliphatic heterocycles. The van der Waals surface area contributed by atoms with Crippen LogP contribution in [0.4, 0.5) is 0 Å². The van der Waals surface area contributed by atoms with Gasteiger partial charge in [0.1, 0.15) is 6.04 Å². The topological polar surface area (TPSA) is 64.1 Å². The number of esters is 1. The molecular formula is C11H16N2O3. The van der Waals surface area contributed by atoms with Crippen LogP contribution in [0.2, 0.25) is 0 Å². The maximum absolute atomic E-state index is 11.7. The lowest BCUT2D eigenvalue weighted by atomic mass is 9.83. The zero-order valence-electron chi connectivity index (χ0n) is 9.53. The van der Waals surface area contributed by atoms with Crippen LogP contribution in [0, 0.1) is 0 Å². The van der Waals surface area contributed by atoms with E-state index in [0.29, 0.717) is 5.92 Å². The van der Waals surface area contributed by atoms with Crippen LogP contribution in [-0.2, 0) is 9.53 Å². The molecule has 0 saturated heterocycles. The Balaban J connectivity index is 2.24. The lowest BCUT2D eigenvalue weighted by Gasteiger charge is -2.23. The van der Waals surface area contributed by atoms with Gasteiger partial charge in [0.25, 0.3) is 5.56 Å². The Morgan fingerprint density at radius 3 is 2.81 bits per heavy atom. The first-order chi connectivity index (χ1) is 7.63. The number of methoxy groups -OCH3 is 1. The van der Waals surface area contributed by atoms with Crippen LogP contribution < -0.4 is 5.56 Å². The second-order valence-electron chi connectivity index (χ2n) is 4.25. The van der Waals surface area contributed by atoms with E-state index in [9.17, 15) is 9.59 Å². The summed E-state index contributed by atoms with van der Waals surface area (Å²) in [5.41, 5.74) is 0.770. The van der Waals surface area contributed by atoms with Crippen molar-refractivity contribution in [3.8, 4) is 0 Å². The van der Waals surface area contributed by atoms with Crippen LogP contribution in [0.25, 0.3) is 0 Å². The van der Waals surface area contributed by atoms with E-state index in [1.807, 2.05) is 0 Å². The van der Waals surface area contributed by atoms with Crippen molar-refractivity contribution in [1.82, 2.24) is 9.78 Å². The van der Waals surface area contributed by atoms with E-state index in [-0.39, 0.29) is 5.56 Å². The lowest BCUT2D eigenvalue weighted by molar-refractivity contribution is -0.144. The molecule has 0 spiro atoms. The Morgan fingerprint density at radius 2 is 2.31 bits per heavy atom. The summed E-state index contributed by atoms with van der Waals surface area (Å²) in [6, 6.07) is 0.995. The highest BCUT2D eigenvalue weighted by Crippen LogP contribution is 2.34. The summed E-state index contributed by atoms with van der Waals surface area (Å²) in [4.78, 5) is 23.0. The van der Waals surface area contributed by atoms with Gasteiger partial charge in [0.2, 0.25) is 0 Å². The molecule has 0 radical (unpaired) electrons. The average Bonchev–Trinajstić information content (AvgIpc) is 2.55. The molecule has 1 saturated carbocycles. The number of carbonyl (C=O) groups is 1. The van der Waals surface area contributed by atoms with E-state index in [1.165, 1.54) is 18.2 Å². The Hall–Kier alpha value is -1.52. The minimum absolute atomic E-state index is 0.167. The van der Waals surface area contributed by atoms with Gasteiger partial charge in [-0.25, -0.2) is 9.48 Å². The molecule has 0 amide bonds. The highest BCUT2D eigenvalue weighted by molar-refractivity contribution is 5.73. The highest BCUT2D eigenvalue weighted by atomic mass is 16.5. The number of nitrogens with zero attached hydrogens (tertiary/aromatic N) is 1. The molecule has 1 aliphatic rings. The molecule has 1 unspecified atom stereocenters. The van der Waals surface area contributed by atoms with Crippen LogP contribution in [0.5, 0.6) is 0 Å². The molecule has 0 bridgehead atoms. The third-order valence-electron chi connectivity index (χ3n) is 3.24. The van der Waals surface area contributed by atoms with Gasteiger partial charge in [-0.05, 0) is 19.8 Å². The van der Waals surface area contributed by atoms with E-state index in [1.54, 1.807) is 13.0 Å². The quantitative estimate of drug-likeness (QED) is 0.784. The van der Waals surface area contributed by atoms with Crippen LogP contribution in [0.1, 0.15) is 43.8 Å². The van der Waals surface area contributed by atoms with Gasteiger partial charge in [0, 0.05) is 17.7 Å². The third kappa shape index (κ3) is 1.77. The molecule has 88 valence electrons. The van der Waals surface area contributed by atoms with Crippen molar-refractivity contribution in [3.63, 3.8) is 0 Å². The van der Waals surface area contributed by atoms with Crippen LogP contribution >= 0.6 is 0 Å². The Morgan fingerprint density at radius 1 is 1.62 bits per heavy atom. The molecule has 1 aliphatic carbocycles. The van der Waals surface area contributed by atoms with Crippen molar-refractivity contribution in [2.75, 3.05) is 7.11 Å².